The standard InChI is InChI=1S/C14H18Cl2N2O/c15-11-6-3-7-12(14(11)16)18-13(19)8-9-17-10-4-1-2-5-10/h3,6-7,10,17H,1-2,4-5,8-9H2,(H,18,19). The summed E-state index contributed by atoms with van der Waals surface area (Å²) in [4.78, 5) is 11.8. The highest BCUT2D eigenvalue weighted by molar-refractivity contribution is 6.43. The van der Waals surface area contributed by atoms with Gasteiger partial charge in [-0.1, -0.05) is 42.1 Å². The summed E-state index contributed by atoms with van der Waals surface area (Å²) in [7, 11) is 0. The monoisotopic (exact) mass is 300 g/mol. The molecule has 3 nitrogen and oxygen atoms in total. The Labute approximate surface area is 123 Å². The van der Waals surface area contributed by atoms with Gasteiger partial charge < -0.3 is 10.6 Å². The van der Waals surface area contributed by atoms with Gasteiger partial charge in [-0.3, -0.25) is 4.79 Å². The molecule has 0 atom stereocenters. The SMILES string of the molecule is O=C(CCNC1CCCC1)Nc1cccc(Cl)c1Cl. The summed E-state index contributed by atoms with van der Waals surface area (Å²) in [6.07, 6.45) is 5.48. The van der Waals surface area contributed by atoms with Gasteiger partial charge in [0, 0.05) is 19.0 Å². The maximum Gasteiger partial charge on any atom is 0.225 e. The third kappa shape index (κ3) is 4.37. The lowest BCUT2D eigenvalue weighted by Gasteiger charge is -2.12. The van der Waals surface area contributed by atoms with Crippen molar-refractivity contribution in [3.63, 3.8) is 0 Å². The molecule has 1 saturated carbocycles. The smallest absolute Gasteiger partial charge is 0.225 e. The van der Waals surface area contributed by atoms with E-state index in [0.717, 1.165) is 0 Å². The molecule has 1 aliphatic carbocycles. The van der Waals surface area contributed by atoms with Crippen LogP contribution in [0.4, 0.5) is 5.69 Å². The van der Waals surface area contributed by atoms with Crippen molar-refractivity contribution in [2.24, 2.45) is 0 Å². The van der Waals surface area contributed by atoms with Gasteiger partial charge in [-0.25, -0.2) is 0 Å². The van der Waals surface area contributed by atoms with E-state index in [9.17, 15) is 4.79 Å². The van der Waals surface area contributed by atoms with E-state index in [1.165, 1.54) is 25.7 Å². The van der Waals surface area contributed by atoms with Crippen LogP contribution < -0.4 is 10.6 Å². The first-order chi connectivity index (χ1) is 9.16. The Balaban J connectivity index is 1.76. The van der Waals surface area contributed by atoms with Crippen LogP contribution in [0, 0.1) is 0 Å². The van der Waals surface area contributed by atoms with Crippen LogP contribution in [0.2, 0.25) is 10.0 Å². The number of carbonyl (C=O) groups is 1. The summed E-state index contributed by atoms with van der Waals surface area (Å²) in [5, 5.41) is 7.02. The zero-order valence-electron chi connectivity index (χ0n) is 10.7. The van der Waals surface area contributed by atoms with Crippen LogP contribution in [-0.4, -0.2) is 18.5 Å². The molecule has 1 aliphatic rings. The van der Waals surface area contributed by atoms with E-state index < -0.39 is 0 Å². The molecule has 0 spiro atoms. The number of hydrogen-bond donors (Lipinski definition) is 2. The average Bonchev–Trinajstić information content (AvgIpc) is 2.88. The lowest BCUT2D eigenvalue weighted by atomic mass is 10.2. The molecule has 0 aliphatic heterocycles. The number of nitrogens with one attached hydrogen (secondary N) is 2. The Kier molecular flexibility index (Phi) is 5.49. The summed E-state index contributed by atoms with van der Waals surface area (Å²) in [5.41, 5.74) is 0.569. The second-order valence-corrected chi connectivity index (χ2v) is 5.62. The molecule has 1 amide bonds. The van der Waals surface area contributed by atoms with Crippen LogP contribution in [0.3, 0.4) is 0 Å². The highest BCUT2D eigenvalue weighted by atomic mass is 35.5. The van der Waals surface area contributed by atoms with Crippen molar-refractivity contribution in [3.05, 3.63) is 28.2 Å². The highest BCUT2D eigenvalue weighted by Crippen LogP contribution is 2.29. The number of rotatable bonds is 5. The van der Waals surface area contributed by atoms with Gasteiger partial charge in [0.05, 0.1) is 15.7 Å². The first-order valence-corrected chi connectivity index (χ1v) is 7.39. The Hall–Kier alpha value is -0.770. The minimum atomic E-state index is -0.0466. The minimum Gasteiger partial charge on any atom is -0.325 e. The quantitative estimate of drug-likeness (QED) is 0.867. The molecular weight excluding hydrogens is 283 g/mol. The lowest BCUT2D eigenvalue weighted by Crippen LogP contribution is -2.29. The summed E-state index contributed by atoms with van der Waals surface area (Å²) in [5.74, 6) is -0.0466. The highest BCUT2D eigenvalue weighted by Gasteiger charge is 2.14. The molecule has 1 aromatic rings. The van der Waals surface area contributed by atoms with Crippen LogP contribution in [-0.2, 0) is 4.79 Å². The van der Waals surface area contributed by atoms with Crippen molar-refractivity contribution >= 4 is 34.8 Å². The molecule has 2 N–H and O–H groups in total. The normalized spacial score (nSPS) is 15.7. The van der Waals surface area contributed by atoms with Gasteiger partial charge >= 0.3 is 0 Å². The molecule has 104 valence electrons. The predicted molar refractivity (Wildman–Crippen MR) is 80.0 cm³/mol. The third-order valence-corrected chi connectivity index (χ3v) is 4.18. The van der Waals surface area contributed by atoms with Crippen LogP contribution in [0.15, 0.2) is 18.2 Å². The molecule has 19 heavy (non-hydrogen) atoms. The summed E-state index contributed by atoms with van der Waals surface area (Å²) < 4.78 is 0. The van der Waals surface area contributed by atoms with Crippen LogP contribution in [0.5, 0.6) is 0 Å². The Morgan fingerprint density at radius 3 is 2.74 bits per heavy atom. The van der Waals surface area contributed by atoms with E-state index in [-0.39, 0.29) is 5.91 Å². The van der Waals surface area contributed by atoms with Crippen molar-refractivity contribution in [2.75, 3.05) is 11.9 Å². The second kappa shape index (κ2) is 7.13. The topological polar surface area (TPSA) is 41.1 Å². The summed E-state index contributed by atoms with van der Waals surface area (Å²) >= 11 is 11.9. The molecule has 0 radical (unpaired) electrons. The molecule has 1 aromatic carbocycles. The number of halogens is 2. The fourth-order valence-corrected chi connectivity index (χ4v) is 2.68. The Bertz CT molecular complexity index is 445. The molecule has 1 fully saturated rings. The first kappa shape index (κ1) is 14.6. The van der Waals surface area contributed by atoms with Gasteiger partial charge in [0.1, 0.15) is 0 Å². The Morgan fingerprint density at radius 2 is 2.00 bits per heavy atom. The predicted octanol–water partition coefficient (Wildman–Crippen LogP) is 3.85. The van der Waals surface area contributed by atoms with Crippen LogP contribution in [0.25, 0.3) is 0 Å². The van der Waals surface area contributed by atoms with Gasteiger partial charge in [-0.05, 0) is 25.0 Å². The number of carbonyl (C=O) groups excluding carboxylic acids is 1. The molecule has 0 saturated heterocycles. The van der Waals surface area contributed by atoms with Crippen molar-refractivity contribution in [1.82, 2.24) is 5.32 Å². The van der Waals surface area contributed by atoms with E-state index in [1.807, 2.05) is 0 Å². The van der Waals surface area contributed by atoms with E-state index in [2.05, 4.69) is 10.6 Å². The molecule has 0 unspecified atom stereocenters. The first-order valence-electron chi connectivity index (χ1n) is 6.64. The van der Waals surface area contributed by atoms with Gasteiger partial charge in [0.2, 0.25) is 5.91 Å². The van der Waals surface area contributed by atoms with Gasteiger partial charge in [-0.15, -0.1) is 0 Å². The maximum absolute atomic E-state index is 11.8. The number of benzene rings is 1. The van der Waals surface area contributed by atoms with Crippen molar-refractivity contribution in [3.8, 4) is 0 Å². The number of hydrogen-bond acceptors (Lipinski definition) is 2. The van der Waals surface area contributed by atoms with Crippen molar-refractivity contribution in [1.29, 1.82) is 0 Å². The van der Waals surface area contributed by atoms with E-state index >= 15 is 0 Å². The average molecular weight is 301 g/mol. The minimum absolute atomic E-state index is 0.0466. The Morgan fingerprint density at radius 1 is 1.26 bits per heavy atom. The van der Waals surface area contributed by atoms with E-state index in [1.54, 1.807) is 18.2 Å². The van der Waals surface area contributed by atoms with Gasteiger partial charge in [-0.2, -0.15) is 0 Å². The molecule has 0 bridgehead atoms. The fraction of sp³-hybridized carbons (Fsp3) is 0.500. The summed E-state index contributed by atoms with van der Waals surface area (Å²) in [6.45, 7) is 0.703. The van der Waals surface area contributed by atoms with Crippen LogP contribution in [0.1, 0.15) is 32.1 Å². The van der Waals surface area contributed by atoms with Crippen LogP contribution >= 0.6 is 23.2 Å². The summed E-state index contributed by atoms with van der Waals surface area (Å²) in [6, 6.07) is 5.79. The van der Waals surface area contributed by atoms with Crippen molar-refractivity contribution < 1.29 is 4.79 Å². The van der Waals surface area contributed by atoms with E-state index in [4.69, 9.17) is 23.2 Å². The largest absolute Gasteiger partial charge is 0.325 e. The lowest BCUT2D eigenvalue weighted by molar-refractivity contribution is -0.116. The molecule has 0 heterocycles. The zero-order valence-corrected chi connectivity index (χ0v) is 12.2. The number of anilines is 1. The van der Waals surface area contributed by atoms with Gasteiger partial charge in [0.15, 0.2) is 0 Å². The molecule has 2 rings (SSSR count). The zero-order chi connectivity index (χ0) is 13.7. The number of amides is 1. The molecule has 5 heteroatoms. The third-order valence-electron chi connectivity index (χ3n) is 3.37. The van der Waals surface area contributed by atoms with Crippen molar-refractivity contribution in [2.45, 2.75) is 38.1 Å². The van der Waals surface area contributed by atoms with Gasteiger partial charge in [0.25, 0.3) is 0 Å². The molecular formula is C14H18Cl2N2O. The fourth-order valence-electron chi connectivity index (χ4n) is 2.33. The van der Waals surface area contributed by atoms with E-state index in [0.29, 0.717) is 34.7 Å². The molecule has 0 aromatic heterocycles. The maximum atomic E-state index is 11.8. The second-order valence-electron chi connectivity index (χ2n) is 4.84.